The van der Waals surface area contributed by atoms with E-state index in [2.05, 4.69) is 6.92 Å². The number of carboxylic acids is 1. The largest absolute Gasteiger partial charge is 0.493 e. The second kappa shape index (κ2) is 6.35. The Balaban J connectivity index is 2.47. The third kappa shape index (κ3) is 4.25. The van der Waals surface area contributed by atoms with Crippen molar-refractivity contribution < 1.29 is 14.6 Å². The maximum atomic E-state index is 10.7. The van der Waals surface area contributed by atoms with Gasteiger partial charge in [0.1, 0.15) is 5.75 Å². The molecule has 0 spiro atoms. The molecule has 1 rings (SSSR count). The Morgan fingerprint density at radius 2 is 2.33 bits per heavy atom. The van der Waals surface area contributed by atoms with Gasteiger partial charge in [0.15, 0.2) is 0 Å². The van der Waals surface area contributed by atoms with Crippen molar-refractivity contribution in [2.45, 2.75) is 6.92 Å². The first-order chi connectivity index (χ1) is 7.24. The molecule has 0 radical (unpaired) electrons. The average molecular weight is 226 g/mol. The number of benzene rings is 1. The minimum Gasteiger partial charge on any atom is -0.493 e. The average Bonchev–Trinajstić information content (AvgIpc) is 2.25. The van der Waals surface area contributed by atoms with Crippen LogP contribution in [0, 0.1) is 0 Å². The highest BCUT2D eigenvalue weighted by molar-refractivity contribution is 7.99. The number of hydrogen-bond acceptors (Lipinski definition) is 3. The molecule has 1 aromatic rings. The second-order valence-electron chi connectivity index (χ2n) is 2.88. The highest BCUT2D eigenvalue weighted by Crippen LogP contribution is 2.13. The quantitative estimate of drug-likeness (QED) is 0.757. The lowest BCUT2D eigenvalue weighted by atomic mass is 10.2. The fourth-order valence-electron chi connectivity index (χ4n) is 1.08. The summed E-state index contributed by atoms with van der Waals surface area (Å²) in [4.78, 5) is 10.7. The van der Waals surface area contributed by atoms with E-state index >= 15 is 0 Å². The van der Waals surface area contributed by atoms with Crippen LogP contribution in [0.1, 0.15) is 17.3 Å². The van der Waals surface area contributed by atoms with Gasteiger partial charge in [-0.2, -0.15) is 11.8 Å². The third-order valence-electron chi connectivity index (χ3n) is 1.78. The molecule has 1 aromatic carbocycles. The monoisotopic (exact) mass is 226 g/mol. The third-order valence-corrected chi connectivity index (χ3v) is 2.65. The van der Waals surface area contributed by atoms with Crippen molar-refractivity contribution in [1.29, 1.82) is 0 Å². The van der Waals surface area contributed by atoms with Gasteiger partial charge in [0.2, 0.25) is 0 Å². The Labute approximate surface area is 93.4 Å². The van der Waals surface area contributed by atoms with Crippen molar-refractivity contribution in [3.05, 3.63) is 29.8 Å². The summed E-state index contributed by atoms with van der Waals surface area (Å²) >= 11 is 1.80. The van der Waals surface area contributed by atoms with E-state index < -0.39 is 5.97 Å². The van der Waals surface area contributed by atoms with Crippen LogP contribution < -0.4 is 4.74 Å². The number of rotatable bonds is 6. The van der Waals surface area contributed by atoms with Crippen molar-refractivity contribution in [1.82, 2.24) is 0 Å². The summed E-state index contributed by atoms with van der Waals surface area (Å²) in [6, 6.07) is 6.55. The summed E-state index contributed by atoms with van der Waals surface area (Å²) in [5.74, 6) is 1.68. The number of hydrogen-bond donors (Lipinski definition) is 1. The molecule has 0 aromatic heterocycles. The Morgan fingerprint density at radius 3 is 3.00 bits per heavy atom. The van der Waals surface area contributed by atoms with Gasteiger partial charge in [0.05, 0.1) is 12.2 Å². The van der Waals surface area contributed by atoms with Gasteiger partial charge in [-0.3, -0.25) is 0 Å². The SMILES string of the molecule is CCSCCOc1cccc(C(=O)O)c1. The fourth-order valence-corrected chi connectivity index (χ4v) is 1.57. The number of carbonyl (C=O) groups is 1. The molecular formula is C11H14O3S. The molecule has 0 amide bonds. The molecule has 15 heavy (non-hydrogen) atoms. The van der Waals surface area contributed by atoms with Gasteiger partial charge in [0.25, 0.3) is 0 Å². The molecule has 3 nitrogen and oxygen atoms in total. The number of carboxylic acid groups (broad SMARTS) is 1. The Kier molecular flexibility index (Phi) is 5.04. The van der Waals surface area contributed by atoms with Crippen molar-refractivity contribution in [2.24, 2.45) is 0 Å². The fraction of sp³-hybridized carbons (Fsp3) is 0.364. The van der Waals surface area contributed by atoms with E-state index in [9.17, 15) is 4.79 Å². The van der Waals surface area contributed by atoms with Crippen LogP contribution in [0.15, 0.2) is 24.3 Å². The van der Waals surface area contributed by atoms with E-state index in [1.54, 1.807) is 36.0 Å². The first kappa shape index (κ1) is 11.9. The lowest BCUT2D eigenvalue weighted by Crippen LogP contribution is -2.02. The van der Waals surface area contributed by atoms with Crippen LogP contribution >= 0.6 is 11.8 Å². The zero-order valence-corrected chi connectivity index (χ0v) is 9.42. The Bertz CT molecular complexity index is 325. The topological polar surface area (TPSA) is 46.5 Å². The zero-order chi connectivity index (χ0) is 11.1. The highest BCUT2D eigenvalue weighted by atomic mass is 32.2. The summed E-state index contributed by atoms with van der Waals surface area (Å²) in [6.45, 7) is 2.71. The normalized spacial score (nSPS) is 9.93. The molecule has 0 aliphatic carbocycles. The molecule has 0 aliphatic heterocycles. The van der Waals surface area contributed by atoms with Gasteiger partial charge < -0.3 is 9.84 Å². The van der Waals surface area contributed by atoms with Crippen molar-refractivity contribution in [3.63, 3.8) is 0 Å². The van der Waals surface area contributed by atoms with Crippen LogP contribution in [0.4, 0.5) is 0 Å². The molecule has 4 heteroatoms. The maximum Gasteiger partial charge on any atom is 0.335 e. The maximum absolute atomic E-state index is 10.7. The van der Waals surface area contributed by atoms with Crippen LogP contribution in [0.5, 0.6) is 5.75 Å². The number of aromatic carboxylic acids is 1. The smallest absolute Gasteiger partial charge is 0.335 e. The standard InChI is InChI=1S/C11H14O3S/c1-2-15-7-6-14-10-5-3-4-9(8-10)11(12)13/h3-5,8H,2,6-7H2,1H3,(H,12,13). The molecule has 0 saturated carbocycles. The van der Waals surface area contributed by atoms with Gasteiger partial charge in [-0.05, 0) is 24.0 Å². The van der Waals surface area contributed by atoms with Crippen LogP contribution in [-0.4, -0.2) is 29.2 Å². The van der Waals surface area contributed by atoms with Crippen LogP contribution in [0.25, 0.3) is 0 Å². The summed E-state index contributed by atoms with van der Waals surface area (Å²) in [5, 5.41) is 8.76. The van der Waals surface area contributed by atoms with Gasteiger partial charge >= 0.3 is 5.97 Å². The molecule has 0 atom stereocenters. The highest BCUT2D eigenvalue weighted by Gasteiger charge is 2.03. The Hall–Kier alpha value is -1.16. The minimum atomic E-state index is -0.927. The second-order valence-corrected chi connectivity index (χ2v) is 4.27. The lowest BCUT2D eigenvalue weighted by Gasteiger charge is -2.05. The van der Waals surface area contributed by atoms with E-state index in [1.807, 2.05) is 0 Å². The summed E-state index contributed by atoms with van der Waals surface area (Å²) in [5.41, 5.74) is 0.260. The lowest BCUT2D eigenvalue weighted by molar-refractivity contribution is 0.0696. The molecule has 0 bridgehead atoms. The van der Waals surface area contributed by atoms with Crippen LogP contribution in [0.2, 0.25) is 0 Å². The van der Waals surface area contributed by atoms with Crippen LogP contribution in [-0.2, 0) is 0 Å². The number of ether oxygens (including phenoxy) is 1. The molecule has 0 aliphatic rings. The van der Waals surface area contributed by atoms with E-state index in [0.717, 1.165) is 11.5 Å². The van der Waals surface area contributed by atoms with Crippen molar-refractivity contribution in [2.75, 3.05) is 18.1 Å². The Morgan fingerprint density at radius 1 is 1.53 bits per heavy atom. The predicted molar refractivity (Wildman–Crippen MR) is 61.9 cm³/mol. The van der Waals surface area contributed by atoms with Gasteiger partial charge in [-0.15, -0.1) is 0 Å². The molecular weight excluding hydrogens is 212 g/mol. The van der Waals surface area contributed by atoms with E-state index in [0.29, 0.717) is 12.4 Å². The minimum absolute atomic E-state index is 0.260. The molecule has 0 saturated heterocycles. The van der Waals surface area contributed by atoms with Gasteiger partial charge in [-0.25, -0.2) is 4.79 Å². The first-order valence-electron chi connectivity index (χ1n) is 4.78. The van der Waals surface area contributed by atoms with Crippen molar-refractivity contribution in [3.8, 4) is 5.75 Å². The first-order valence-corrected chi connectivity index (χ1v) is 5.93. The van der Waals surface area contributed by atoms with Gasteiger partial charge in [0, 0.05) is 5.75 Å². The van der Waals surface area contributed by atoms with E-state index in [1.165, 1.54) is 0 Å². The summed E-state index contributed by atoms with van der Waals surface area (Å²) < 4.78 is 5.41. The predicted octanol–water partition coefficient (Wildman–Crippen LogP) is 2.52. The molecule has 82 valence electrons. The summed E-state index contributed by atoms with van der Waals surface area (Å²) in [6.07, 6.45) is 0. The molecule has 1 N–H and O–H groups in total. The molecule has 0 unspecified atom stereocenters. The number of thioether (sulfide) groups is 1. The molecule has 0 fully saturated rings. The van der Waals surface area contributed by atoms with E-state index in [4.69, 9.17) is 9.84 Å². The van der Waals surface area contributed by atoms with Crippen molar-refractivity contribution >= 4 is 17.7 Å². The van der Waals surface area contributed by atoms with E-state index in [-0.39, 0.29) is 5.56 Å². The van der Waals surface area contributed by atoms with Gasteiger partial charge in [-0.1, -0.05) is 13.0 Å². The van der Waals surface area contributed by atoms with Crippen LogP contribution in [0.3, 0.4) is 0 Å². The molecule has 0 heterocycles. The summed E-state index contributed by atoms with van der Waals surface area (Å²) in [7, 11) is 0. The zero-order valence-electron chi connectivity index (χ0n) is 8.60.